The third kappa shape index (κ3) is 2.55. The number of rotatable bonds is 3. The fraction of sp³-hybridized carbons (Fsp3) is 0.400. The summed E-state index contributed by atoms with van der Waals surface area (Å²) in [7, 11) is 0. The van der Waals surface area contributed by atoms with Gasteiger partial charge >= 0.3 is 0 Å². The van der Waals surface area contributed by atoms with Crippen molar-refractivity contribution in [3.05, 3.63) is 42.5 Å². The lowest BCUT2D eigenvalue weighted by Gasteiger charge is -2.29. The molecule has 1 aliphatic heterocycles. The van der Waals surface area contributed by atoms with Gasteiger partial charge in [0.15, 0.2) is 0 Å². The van der Waals surface area contributed by atoms with Crippen LogP contribution in [0.1, 0.15) is 18.7 Å². The summed E-state index contributed by atoms with van der Waals surface area (Å²) in [4.78, 5) is 6.53. The molecule has 2 heterocycles. The Morgan fingerprint density at radius 3 is 2.45 bits per heavy atom. The van der Waals surface area contributed by atoms with Gasteiger partial charge in [0, 0.05) is 30.5 Å². The first kappa shape index (κ1) is 13.1. The Labute approximate surface area is 119 Å². The standard InChI is InChI=1S/C15H20N4O/c1-12(16)15-10-17-11-19(15)14-4-2-13(3-5-14)18-6-8-20-9-7-18/h2-5,10-12H,6-9,16H2,1H3. The van der Waals surface area contributed by atoms with Gasteiger partial charge in [0.05, 0.1) is 31.4 Å². The normalized spacial score (nSPS) is 17.2. The molecule has 1 fully saturated rings. The third-order valence-electron chi connectivity index (χ3n) is 3.64. The summed E-state index contributed by atoms with van der Waals surface area (Å²) < 4.78 is 7.41. The minimum Gasteiger partial charge on any atom is -0.378 e. The average Bonchev–Trinajstić information content (AvgIpc) is 2.98. The maximum absolute atomic E-state index is 5.96. The number of nitrogens with zero attached hydrogens (tertiary/aromatic N) is 3. The van der Waals surface area contributed by atoms with Gasteiger partial charge in [-0.2, -0.15) is 0 Å². The van der Waals surface area contributed by atoms with Crippen molar-refractivity contribution in [3.8, 4) is 5.69 Å². The molecule has 0 radical (unpaired) electrons. The van der Waals surface area contributed by atoms with Crippen molar-refractivity contribution in [3.63, 3.8) is 0 Å². The molecule has 3 rings (SSSR count). The molecule has 5 heteroatoms. The Kier molecular flexibility index (Phi) is 3.71. The van der Waals surface area contributed by atoms with Crippen LogP contribution < -0.4 is 10.6 Å². The van der Waals surface area contributed by atoms with Crippen molar-refractivity contribution in [2.24, 2.45) is 5.73 Å². The maximum atomic E-state index is 5.96. The van der Waals surface area contributed by atoms with E-state index in [2.05, 4.69) is 34.1 Å². The lowest BCUT2D eigenvalue weighted by molar-refractivity contribution is 0.122. The van der Waals surface area contributed by atoms with E-state index in [0.29, 0.717) is 0 Å². The molecular formula is C15H20N4O. The number of imidazole rings is 1. The van der Waals surface area contributed by atoms with Gasteiger partial charge in [-0.05, 0) is 31.2 Å². The summed E-state index contributed by atoms with van der Waals surface area (Å²) in [6, 6.07) is 8.48. The number of hydrogen-bond acceptors (Lipinski definition) is 4. The zero-order valence-electron chi connectivity index (χ0n) is 11.7. The predicted molar refractivity (Wildman–Crippen MR) is 79.2 cm³/mol. The molecule has 0 bridgehead atoms. The van der Waals surface area contributed by atoms with Crippen molar-refractivity contribution in [2.45, 2.75) is 13.0 Å². The number of aromatic nitrogens is 2. The van der Waals surface area contributed by atoms with Crippen molar-refractivity contribution in [2.75, 3.05) is 31.2 Å². The van der Waals surface area contributed by atoms with E-state index in [-0.39, 0.29) is 6.04 Å². The molecule has 1 atom stereocenters. The molecule has 1 saturated heterocycles. The van der Waals surface area contributed by atoms with Crippen molar-refractivity contribution < 1.29 is 4.74 Å². The van der Waals surface area contributed by atoms with Gasteiger partial charge in [-0.1, -0.05) is 0 Å². The highest BCUT2D eigenvalue weighted by Gasteiger charge is 2.12. The number of nitrogens with two attached hydrogens (primary N) is 1. The lowest BCUT2D eigenvalue weighted by atomic mass is 10.2. The van der Waals surface area contributed by atoms with Crippen LogP contribution in [0.5, 0.6) is 0 Å². The first-order chi connectivity index (χ1) is 9.75. The molecule has 0 amide bonds. The van der Waals surface area contributed by atoms with E-state index in [1.807, 2.05) is 24.0 Å². The number of ether oxygens (including phenoxy) is 1. The molecule has 5 nitrogen and oxygen atoms in total. The molecule has 1 unspecified atom stereocenters. The summed E-state index contributed by atoms with van der Waals surface area (Å²) in [5.41, 5.74) is 9.30. The smallest absolute Gasteiger partial charge is 0.0994 e. The molecule has 2 aromatic rings. The molecule has 2 N–H and O–H groups in total. The Morgan fingerprint density at radius 1 is 1.15 bits per heavy atom. The Morgan fingerprint density at radius 2 is 1.80 bits per heavy atom. The van der Waals surface area contributed by atoms with Gasteiger partial charge in [-0.25, -0.2) is 4.98 Å². The monoisotopic (exact) mass is 272 g/mol. The van der Waals surface area contributed by atoms with Gasteiger partial charge < -0.3 is 19.9 Å². The fourth-order valence-electron chi connectivity index (χ4n) is 2.50. The van der Waals surface area contributed by atoms with E-state index >= 15 is 0 Å². The average molecular weight is 272 g/mol. The van der Waals surface area contributed by atoms with E-state index in [0.717, 1.165) is 37.7 Å². The highest BCUT2D eigenvalue weighted by Crippen LogP contribution is 2.21. The Balaban J connectivity index is 1.83. The SMILES string of the molecule is CC(N)c1cncn1-c1ccc(N2CCOCC2)cc1. The maximum Gasteiger partial charge on any atom is 0.0994 e. The van der Waals surface area contributed by atoms with Gasteiger partial charge in [0.1, 0.15) is 0 Å². The van der Waals surface area contributed by atoms with Crippen LogP contribution in [-0.2, 0) is 4.74 Å². The molecule has 0 spiro atoms. The van der Waals surface area contributed by atoms with Crippen molar-refractivity contribution in [1.29, 1.82) is 0 Å². The van der Waals surface area contributed by atoms with Crippen LogP contribution in [-0.4, -0.2) is 35.9 Å². The van der Waals surface area contributed by atoms with Crippen LogP contribution in [0.4, 0.5) is 5.69 Å². The van der Waals surface area contributed by atoms with E-state index < -0.39 is 0 Å². The van der Waals surface area contributed by atoms with Crippen molar-refractivity contribution >= 4 is 5.69 Å². The second kappa shape index (κ2) is 5.64. The number of morpholine rings is 1. The van der Waals surface area contributed by atoms with E-state index in [1.165, 1.54) is 5.69 Å². The highest BCUT2D eigenvalue weighted by atomic mass is 16.5. The zero-order chi connectivity index (χ0) is 13.9. The van der Waals surface area contributed by atoms with Crippen LogP contribution in [0.15, 0.2) is 36.8 Å². The van der Waals surface area contributed by atoms with Crippen LogP contribution >= 0.6 is 0 Å². The van der Waals surface area contributed by atoms with Gasteiger partial charge in [-0.15, -0.1) is 0 Å². The molecule has 1 aromatic heterocycles. The molecular weight excluding hydrogens is 252 g/mol. The van der Waals surface area contributed by atoms with Crippen molar-refractivity contribution in [1.82, 2.24) is 9.55 Å². The first-order valence-corrected chi connectivity index (χ1v) is 6.96. The number of benzene rings is 1. The van der Waals surface area contributed by atoms with Crippen LogP contribution in [0.2, 0.25) is 0 Å². The summed E-state index contributed by atoms with van der Waals surface area (Å²) in [5.74, 6) is 0. The summed E-state index contributed by atoms with van der Waals surface area (Å²) in [6.45, 7) is 5.48. The third-order valence-corrected chi connectivity index (χ3v) is 3.64. The topological polar surface area (TPSA) is 56.3 Å². The van der Waals surface area contributed by atoms with Crippen LogP contribution in [0.25, 0.3) is 5.69 Å². The van der Waals surface area contributed by atoms with Crippen LogP contribution in [0.3, 0.4) is 0 Å². The largest absolute Gasteiger partial charge is 0.378 e. The zero-order valence-corrected chi connectivity index (χ0v) is 11.7. The minimum atomic E-state index is -0.0311. The molecule has 0 saturated carbocycles. The fourth-order valence-corrected chi connectivity index (χ4v) is 2.50. The number of hydrogen-bond donors (Lipinski definition) is 1. The van der Waals surface area contributed by atoms with E-state index in [4.69, 9.17) is 10.5 Å². The summed E-state index contributed by atoms with van der Waals surface area (Å²) in [5, 5.41) is 0. The molecule has 0 aliphatic carbocycles. The summed E-state index contributed by atoms with van der Waals surface area (Å²) >= 11 is 0. The highest BCUT2D eigenvalue weighted by molar-refractivity contribution is 5.51. The lowest BCUT2D eigenvalue weighted by Crippen LogP contribution is -2.36. The van der Waals surface area contributed by atoms with Crippen LogP contribution in [0, 0.1) is 0 Å². The quantitative estimate of drug-likeness (QED) is 0.924. The number of anilines is 1. The van der Waals surface area contributed by atoms with Gasteiger partial charge in [-0.3, -0.25) is 0 Å². The van der Waals surface area contributed by atoms with E-state index in [1.54, 1.807) is 0 Å². The summed E-state index contributed by atoms with van der Waals surface area (Å²) in [6.07, 6.45) is 3.63. The predicted octanol–water partition coefficient (Wildman–Crippen LogP) is 1.73. The Hall–Kier alpha value is -1.85. The van der Waals surface area contributed by atoms with Gasteiger partial charge in [0.25, 0.3) is 0 Å². The molecule has 106 valence electrons. The first-order valence-electron chi connectivity index (χ1n) is 6.96. The Bertz CT molecular complexity index is 556. The molecule has 20 heavy (non-hydrogen) atoms. The van der Waals surface area contributed by atoms with Gasteiger partial charge in [0.2, 0.25) is 0 Å². The molecule has 1 aromatic carbocycles. The second-order valence-corrected chi connectivity index (χ2v) is 5.09. The van der Waals surface area contributed by atoms with E-state index in [9.17, 15) is 0 Å². The molecule has 1 aliphatic rings. The minimum absolute atomic E-state index is 0.0311. The second-order valence-electron chi connectivity index (χ2n) is 5.09.